The van der Waals surface area contributed by atoms with Gasteiger partial charge in [-0.05, 0) is 19.3 Å². The molecule has 2 heterocycles. The van der Waals surface area contributed by atoms with Crippen LogP contribution < -0.4 is 5.32 Å². The van der Waals surface area contributed by atoms with E-state index in [4.69, 9.17) is 9.73 Å². The maximum absolute atomic E-state index is 11.7. The molecule has 8 nitrogen and oxygen atoms in total. The van der Waals surface area contributed by atoms with Gasteiger partial charge in [-0.1, -0.05) is 20.3 Å². The molecular weight excluding hydrogens is 459 g/mol. The van der Waals surface area contributed by atoms with Gasteiger partial charge in [-0.25, -0.2) is 0 Å². The number of likely N-dealkylation sites (tertiary alicyclic amines) is 1. The first-order valence-electron chi connectivity index (χ1n) is 9.67. The van der Waals surface area contributed by atoms with Crippen LogP contribution in [0.2, 0.25) is 0 Å². The van der Waals surface area contributed by atoms with Crippen LogP contribution in [0.3, 0.4) is 0 Å². The van der Waals surface area contributed by atoms with E-state index in [0.29, 0.717) is 0 Å². The zero-order valence-corrected chi connectivity index (χ0v) is 19.0. The zero-order chi connectivity index (χ0) is 18.8. The van der Waals surface area contributed by atoms with E-state index < -0.39 is 0 Å². The number of carbonyl (C=O) groups is 1. The maximum atomic E-state index is 11.7. The van der Waals surface area contributed by atoms with E-state index >= 15 is 0 Å². The number of aryl methyl sites for hydroxylation is 1. The van der Waals surface area contributed by atoms with Gasteiger partial charge in [0.2, 0.25) is 0 Å². The van der Waals surface area contributed by atoms with E-state index in [2.05, 4.69) is 38.8 Å². The van der Waals surface area contributed by atoms with Gasteiger partial charge in [0, 0.05) is 39.1 Å². The third-order valence-corrected chi connectivity index (χ3v) is 4.75. The van der Waals surface area contributed by atoms with Crippen LogP contribution in [-0.4, -0.2) is 64.9 Å². The molecule has 1 saturated heterocycles. The van der Waals surface area contributed by atoms with Crippen molar-refractivity contribution >= 4 is 35.9 Å². The van der Waals surface area contributed by atoms with Gasteiger partial charge in [0.1, 0.15) is 12.2 Å². The lowest BCUT2D eigenvalue weighted by molar-refractivity contribution is -0.146. The Balaban J connectivity index is 0.00000364. The number of rotatable bonds is 8. The van der Waals surface area contributed by atoms with Gasteiger partial charge >= 0.3 is 5.97 Å². The van der Waals surface area contributed by atoms with Crippen molar-refractivity contribution in [3.05, 3.63) is 12.2 Å². The first-order chi connectivity index (χ1) is 12.7. The third-order valence-electron chi connectivity index (χ3n) is 4.75. The number of piperidine rings is 1. The number of ether oxygens (including phenoxy) is 1. The maximum Gasteiger partial charge on any atom is 0.308 e. The predicted molar refractivity (Wildman–Crippen MR) is 116 cm³/mol. The fraction of sp³-hybridized carbons (Fsp3) is 0.778. The number of methoxy groups -OCH3 is 1. The standard InChI is InChI=1S/C18H32N6O2.HI/c1-4-6-9-19-18(20-10-13-24-14-21-22-16(24)5-2)23-11-7-15(8-12-23)17(25)26-3;/h14-15H,4-13H2,1-3H3,(H,19,20);1H. The minimum atomic E-state index is -0.0956. The largest absolute Gasteiger partial charge is 0.469 e. The molecule has 1 aliphatic heterocycles. The molecule has 0 atom stereocenters. The molecular formula is C18H33IN6O2. The number of aromatic nitrogens is 3. The third kappa shape index (κ3) is 7.27. The average molecular weight is 492 g/mol. The molecule has 0 amide bonds. The van der Waals surface area contributed by atoms with Crippen LogP contribution in [0, 0.1) is 5.92 Å². The highest BCUT2D eigenvalue weighted by atomic mass is 127. The topological polar surface area (TPSA) is 84.6 Å². The minimum absolute atomic E-state index is 0. The van der Waals surface area contributed by atoms with Crippen LogP contribution in [0.15, 0.2) is 11.3 Å². The van der Waals surface area contributed by atoms with Gasteiger partial charge in [-0.2, -0.15) is 0 Å². The molecule has 0 unspecified atom stereocenters. The number of carbonyl (C=O) groups excluding carboxylic acids is 1. The monoisotopic (exact) mass is 492 g/mol. The Morgan fingerprint density at radius 2 is 2.11 bits per heavy atom. The number of guanidine groups is 1. The number of aliphatic imine (C=N–C) groups is 1. The summed E-state index contributed by atoms with van der Waals surface area (Å²) >= 11 is 0. The number of nitrogens with one attached hydrogen (secondary N) is 1. The summed E-state index contributed by atoms with van der Waals surface area (Å²) in [5.41, 5.74) is 0. The SMILES string of the molecule is CCCCN=C(NCCn1cnnc1CC)N1CCC(C(=O)OC)CC1.I. The van der Waals surface area contributed by atoms with Crippen LogP contribution in [0.5, 0.6) is 0 Å². The highest BCUT2D eigenvalue weighted by molar-refractivity contribution is 14.0. The lowest BCUT2D eigenvalue weighted by atomic mass is 9.97. The molecule has 154 valence electrons. The van der Waals surface area contributed by atoms with E-state index in [1.807, 2.05) is 0 Å². The second-order valence-electron chi connectivity index (χ2n) is 6.56. The first kappa shape index (κ1) is 23.6. The van der Waals surface area contributed by atoms with Crippen molar-refractivity contribution < 1.29 is 9.53 Å². The summed E-state index contributed by atoms with van der Waals surface area (Å²) < 4.78 is 6.94. The fourth-order valence-corrected chi connectivity index (χ4v) is 3.13. The average Bonchev–Trinajstić information content (AvgIpc) is 3.14. The second kappa shape index (κ2) is 12.9. The van der Waals surface area contributed by atoms with E-state index in [0.717, 1.165) is 76.6 Å². The molecule has 1 aromatic rings. The molecule has 0 radical (unpaired) electrons. The lowest BCUT2D eigenvalue weighted by Gasteiger charge is -2.33. The van der Waals surface area contributed by atoms with Crippen LogP contribution in [-0.2, 0) is 22.5 Å². The molecule has 2 rings (SSSR count). The molecule has 0 saturated carbocycles. The van der Waals surface area contributed by atoms with Crippen molar-refractivity contribution in [3.63, 3.8) is 0 Å². The van der Waals surface area contributed by atoms with E-state index in [1.54, 1.807) is 6.33 Å². The number of hydrogen-bond donors (Lipinski definition) is 1. The van der Waals surface area contributed by atoms with Crippen molar-refractivity contribution in [2.24, 2.45) is 10.9 Å². The van der Waals surface area contributed by atoms with E-state index in [-0.39, 0.29) is 35.9 Å². The number of nitrogens with zero attached hydrogens (tertiary/aromatic N) is 5. The molecule has 0 spiro atoms. The van der Waals surface area contributed by atoms with Crippen molar-refractivity contribution in [2.75, 3.05) is 33.3 Å². The molecule has 9 heteroatoms. The molecule has 0 aliphatic carbocycles. The first-order valence-corrected chi connectivity index (χ1v) is 9.67. The summed E-state index contributed by atoms with van der Waals surface area (Å²) in [6, 6.07) is 0. The van der Waals surface area contributed by atoms with Crippen LogP contribution in [0.1, 0.15) is 45.4 Å². The van der Waals surface area contributed by atoms with Gasteiger partial charge in [0.15, 0.2) is 5.96 Å². The Morgan fingerprint density at radius 3 is 2.74 bits per heavy atom. The van der Waals surface area contributed by atoms with Gasteiger partial charge in [-0.3, -0.25) is 9.79 Å². The number of hydrogen-bond acceptors (Lipinski definition) is 5. The van der Waals surface area contributed by atoms with Crippen molar-refractivity contribution in [1.82, 2.24) is 25.0 Å². The Bertz CT molecular complexity index is 584. The van der Waals surface area contributed by atoms with E-state index in [9.17, 15) is 4.79 Å². The quantitative estimate of drug-likeness (QED) is 0.197. The smallest absolute Gasteiger partial charge is 0.308 e. The number of unbranched alkanes of at least 4 members (excludes halogenated alkanes) is 1. The summed E-state index contributed by atoms with van der Waals surface area (Å²) in [4.78, 5) is 18.7. The highest BCUT2D eigenvalue weighted by Crippen LogP contribution is 2.18. The Kier molecular flexibility index (Phi) is 11.3. The molecule has 1 fully saturated rings. The molecule has 0 aromatic carbocycles. The van der Waals surface area contributed by atoms with Crippen molar-refractivity contribution in [2.45, 2.75) is 52.5 Å². The molecule has 1 aromatic heterocycles. The van der Waals surface area contributed by atoms with Crippen molar-refractivity contribution in [1.29, 1.82) is 0 Å². The Morgan fingerprint density at radius 1 is 1.37 bits per heavy atom. The van der Waals surface area contributed by atoms with Crippen LogP contribution in [0.4, 0.5) is 0 Å². The Labute approximate surface area is 179 Å². The van der Waals surface area contributed by atoms with Gasteiger partial charge < -0.3 is 19.5 Å². The van der Waals surface area contributed by atoms with Crippen LogP contribution >= 0.6 is 24.0 Å². The zero-order valence-electron chi connectivity index (χ0n) is 16.7. The minimum Gasteiger partial charge on any atom is -0.469 e. The summed E-state index contributed by atoms with van der Waals surface area (Å²) in [5.74, 6) is 1.85. The van der Waals surface area contributed by atoms with Gasteiger partial charge in [-0.15, -0.1) is 34.2 Å². The van der Waals surface area contributed by atoms with Crippen LogP contribution in [0.25, 0.3) is 0 Å². The van der Waals surface area contributed by atoms with Gasteiger partial charge in [0.05, 0.1) is 13.0 Å². The lowest BCUT2D eigenvalue weighted by Crippen LogP contribution is -2.47. The second-order valence-corrected chi connectivity index (χ2v) is 6.56. The molecule has 0 bridgehead atoms. The predicted octanol–water partition coefficient (Wildman–Crippen LogP) is 2.09. The molecule has 27 heavy (non-hydrogen) atoms. The normalized spacial score (nSPS) is 15.4. The Hall–Kier alpha value is -1.39. The highest BCUT2D eigenvalue weighted by Gasteiger charge is 2.27. The summed E-state index contributed by atoms with van der Waals surface area (Å²) in [5, 5.41) is 11.6. The summed E-state index contributed by atoms with van der Waals surface area (Å²) in [6.45, 7) is 8.30. The summed E-state index contributed by atoms with van der Waals surface area (Å²) in [6.07, 6.45) is 6.48. The van der Waals surface area contributed by atoms with Gasteiger partial charge in [0.25, 0.3) is 0 Å². The fourth-order valence-electron chi connectivity index (χ4n) is 3.13. The summed E-state index contributed by atoms with van der Waals surface area (Å²) in [7, 11) is 1.46. The number of esters is 1. The van der Waals surface area contributed by atoms with E-state index in [1.165, 1.54) is 7.11 Å². The number of halogens is 1. The molecule has 1 aliphatic rings. The molecule has 1 N–H and O–H groups in total. The van der Waals surface area contributed by atoms with Crippen molar-refractivity contribution in [3.8, 4) is 0 Å².